The summed E-state index contributed by atoms with van der Waals surface area (Å²) in [6.07, 6.45) is 5.62. The number of aromatic nitrogens is 2. The third kappa shape index (κ3) is 3.75. The third-order valence-corrected chi connectivity index (χ3v) is 3.36. The van der Waals surface area contributed by atoms with Crippen LogP contribution < -0.4 is 10.6 Å². The minimum Gasteiger partial charge on any atom is -0.508 e. The minimum absolute atomic E-state index is 0.00662. The number of phenolic OH excluding ortho intramolecular Hbond substituents is 1. The average molecular weight is 286 g/mol. The van der Waals surface area contributed by atoms with Crippen molar-refractivity contribution < 1.29 is 9.90 Å². The summed E-state index contributed by atoms with van der Waals surface area (Å²) >= 11 is 0. The highest BCUT2D eigenvalue weighted by Crippen LogP contribution is 2.19. The Hall–Kier alpha value is -2.50. The molecule has 0 bridgehead atoms. The largest absolute Gasteiger partial charge is 0.508 e. The number of phenols is 1. The second-order valence-electron chi connectivity index (χ2n) is 5.25. The molecule has 0 aliphatic heterocycles. The predicted octanol–water partition coefficient (Wildman–Crippen LogP) is 1.48. The summed E-state index contributed by atoms with van der Waals surface area (Å²) in [5.74, 6) is 0.258. The SMILES string of the molecule is O=C(Cn1cc(NCc2ccccc2O)cn1)NC1CC1. The lowest BCUT2D eigenvalue weighted by Gasteiger charge is -2.05. The van der Waals surface area contributed by atoms with E-state index < -0.39 is 0 Å². The number of amides is 1. The van der Waals surface area contributed by atoms with Crippen molar-refractivity contribution in [2.75, 3.05) is 5.32 Å². The summed E-state index contributed by atoms with van der Waals surface area (Å²) in [7, 11) is 0. The number of anilines is 1. The molecule has 1 heterocycles. The Morgan fingerprint density at radius 3 is 2.95 bits per heavy atom. The molecule has 2 aromatic rings. The number of benzene rings is 1. The molecule has 0 saturated heterocycles. The van der Waals surface area contributed by atoms with Gasteiger partial charge in [0, 0.05) is 24.3 Å². The summed E-state index contributed by atoms with van der Waals surface area (Å²) in [6.45, 7) is 0.738. The zero-order valence-electron chi connectivity index (χ0n) is 11.6. The van der Waals surface area contributed by atoms with Gasteiger partial charge in [0.15, 0.2) is 0 Å². The van der Waals surface area contributed by atoms with Gasteiger partial charge in [0.1, 0.15) is 12.3 Å². The van der Waals surface area contributed by atoms with Gasteiger partial charge in [-0.2, -0.15) is 5.10 Å². The van der Waals surface area contributed by atoms with Gasteiger partial charge in [-0.3, -0.25) is 9.48 Å². The molecule has 0 unspecified atom stereocenters. The van der Waals surface area contributed by atoms with E-state index in [2.05, 4.69) is 15.7 Å². The number of hydrogen-bond donors (Lipinski definition) is 3. The Morgan fingerprint density at radius 1 is 1.38 bits per heavy atom. The van der Waals surface area contributed by atoms with Crippen LogP contribution in [-0.4, -0.2) is 26.8 Å². The average Bonchev–Trinajstić information content (AvgIpc) is 3.16. The first-order valence-corrected chi connectivity index (χ1v) is 7.03. The van der Waals surface area contributed by atoms with Crippen molar-refractivity contribution >= 4 is 11.6 Å². The molecule has 0 spiro atoms. The molecular weight excluding hydrogens is 268 g/mol. The van der Waals surface area contributed by atoms with E-state index in [-0.39, 0.29) is 18.2 Å². The lowest BCUT2D eigenvalue weighted by atomic mass is 10.2. The normalized spacial score (nSPS) is 13.9. The Morgan fingerprint density at radius 2 is 2.19 bits per heavy atom. The smallest absolute Gasteiger partial charge is 0.241 e. The molecule has 6 heteroatoms. The summed E-state index contributed by atoms with van der Waals surface area (Å²) in [5, 5.41) is 19.9. The third-order valence-electron chi connectivity index (χ3n) is 3.36. The Kier molecular flexibility index (Phi) is 3.77. The predicted molar refractivity (Wildman–Crippen MR) is 78.8 cm³/mol. The highest BCUT2D eigenvalue weighted by molar-refractivity contribution is 5.76. The van der Waals surface area contributed by atoms with Gasteiger partial charge in [-0.1, -0.05) is 18.2 Å². The van der Waals surface area contributed by atoms with Gasteiger partial charge in [0.05, 0.1) is 11.9 Å². The number of carbonyl (C=O) groups excluding carboxylic acids is 1. The van der Waals surface area contributed by atoms with Crippen LogP contribution in [0.25, 0.3) is 0 Å². The monoisotopic (exact) mass is 286 g/mol. The second-order valence-corrected chi connectivity index (χ2v) is 5.25. The number of nitrogens with zero attached hydrogens (tertiary/aromatic N) is 2. The van der Waals surface area contributed by atoms with Crippen LogP contribution in [0.4, 0.5) is 5.69 Å². The summed E-state index contributed by atoms with van der Waals surface area (Å²) in [4.78, 5) is 11.7. The van der Waals surface area contributed by atoms with Gasteiger partial charge in [-0.05, 0) is 18.9 Å². The van der Waals surface area contributed by atoms with Crippen LogP contribution >= 0.6 is 0 Å². The van der Waals surface area contributed by atoms with E-state index in [1.54, 1.807) is 29.2 Å². The molecule has 3 rings (SSSR count). The number of nitrogens with one attached hydrogen (secondary N) is 2. The van der Waals surface area contributed by atoms with Crippen molar-refractivity contribution in [1.29, 1.82) is 0 Å². The summed E-state index contributed by atoms with van der Waals surface area (Å²) < 4.78 is 1.60. The zero-order chi connectivity index (χ0) is 14.7. The molecule has 0 radical (unpaired) electrons. The minimum atomic E-state index is -0.00662. The maximum absolute atomic E-state index is 11.7. The van der Waals surface area contributed by atoms with Crippen molar-refractivity contribution in [3.63, 3.8) is 0 Å². The molecule has 1 fully saturated rings. The van der Waals surface area contributed by atoms with Gasteiger partial charge in [0.2, 0.25) is 5.91 Å². The van der Waals surface area contributed by atoms with Crippen LogP contribution in [0.3, 0.4) is 0 Å². The number of aromatic hydroxyl groups is 1. The molecule has 1 saturated carbocycles. The van der Waals surface area contributed by atoms with Crippen molar-refractivity contribution in [2.24, 2.45) is 0 Å². The van der Waals surface area contributed by atoms with Crippen molar-refractivity contribution in [2.45, 2.75) is 32.0 Å². The number of hydrogen-bond acceptors (Lipinski definition) is 4. The Bertz CT molecular complexity index is 634. The molecular formula is C15H18N4O2. The maximum atomic E-state index is 11.7. The number of carbonyl (C=O) groups is 1. The number of rotatable bonds is 6. The molecule has 1 aliphatic carbocycles. The van der Waals surface area contributed by atoms with Gasteiger partial charge in [-0.25, -0.2) is 0 Å². The Labute approximate surface area is 122 Å². The maximum Gasteiger partial charge on any atom is 0.241 e. The quantitative estimate of drug-likeness (QED) is 0.751. The van der Waals surface area contributed by atoms with Crippen LogP contribution in [0.2, 0.25) is 0 Å². The summed E-state index contributed by atoms with van der Waals surface area (Å²) in [5.41, 5.74) is 1.63. The fraction of sp³-hybridized carbons (Fsp3) is 0.333. The van der Waals surface area contributed by atoms with E-state index >= 15 is 0 Å². The lowest BCUT2D eigenvalue weighted by molar-refractivity contribution is -0.122. The molecule has 1 aromatic carbocycles. The van der Waals surface area contributed by atoms with Crippen LogP contribution in [-0.2, 0) is 17.9 Å². The van der Waals surface area contributed by atoms with E-state index in [0.29, 0.717) is 12.6 Å². The van der Waals surface area contributed by atoms with E-state index in [1.165, 1.54) is 0 Å². The first kappa shape index (κ1) is 13.5. The van der Waals surface area contributed by atoms with E-state index in [0.717, 1.165) is 24.1 Å². The fourth-order valence-corrected chi connectivity index (χ4v) is 2.05. The molecule has 1 amide bonds. The van der Waals surface area contributed by atoms with Crippen molar-refractivity contribution in [1.82, 2.24) is 15.1 Å². The molecule has 6 nitrogen and oxygen atoms in total. The van der Waals surface area contributed by atoms with Gasteiger partial charge >= 0.3 is 0 Å². The van der Waals surface area contributed by atoms with Gasteiger partial charge < -0.3 is 15.7 Å². The van der Waals surface area contributed by atoms with Crippen LogP contribution in [0.15, 0.2) is 36.7 Å². The molecule has 0 atom stereocenters. The first-order valence-electron chi connectivity index (χ1n) is 7.03. The molecule has 21 heavy (non-hydrogen) atoms. The van der Waals surface area contributed by atoms with Crippen molar-refractivity contribution in [3.05, 3.63) is 42.2 Å². The highest BCUT2D eigenvalue weighted by Gasteiger charge is 2.23. The van der Waals surface area contributed by atoms with Crippen LogP contribution in [0.1, 0.15) is 18.4 Å². The zero-order valence-corrected chi connectivity index (χ0v) is 11.6. The molecule has 3 N–H and O–H groups in total. The lowest BCUT2D eigenvalue weighted by Crippen LogP contribution is -2.29. The molecule has 1 aliphatic rings. The topological polar surface area (TPSA) is 79.2 Å². The van der Waals surface area contributed by atoms with E-state index in [1.807, 2.05) is 12.1 Å². The molecule has 110 valence electrons. The highest BCUT2D eigenvalue weighted by atomic mass is 16.3. The van der Waals surface area contributed by atoms with Crippen molar-refractivity contribution in [3.8, 4) is 5.75 Å². The van der Waals surface area contributed by atoms with E-state index in [4.69, 9.17) is 0 Å². The second kappa shape index (κ2) is 5.87. The molecule has 1 aromatic heterocycles. The van der Waals surface area contributed by atoms with Gasteiger partial charge in [-0.15, -0.1) is 0 Å². The van der Waals surface area contributed by atoms with Crippen LogP contribution in [0, 0.1) is 0 Å². The summed E-state index contributed by atoms with van der Waals surface area (Å²) in [6, 6.07) is 7.54. The fourth-order valence-electron chi connectivity index (χ4n) is 2.05. The van der Waals surface area contributed by atoms with Gasteiger partial charge in [0.25, 0.3) is 0 Å². The van der Waals surface area contributed by atoms with Crippen LogP contribution in [0.5, 0.6) is 5.75 Å². The first-order chi connectivity index (χ1) is 10.2. The van der Waals surface area contributed by atoms with E-state index in [9.17, 15) is 9.90 Å². The standard InChI is InChI=1S/C15H18N4O2/c20-14-4-2-1-3-11(14)7-16-13-8-17-19(9-13)10-15(21)18-12-5-6-12/h1-4,8-9,12,16,20H,5-7,10H2,(H,18,21). The number of para-hydroxylation sites is 1. The Balaban J connectivity index is 1.52.